The zero-order valence-electron chi connectivity index (χ0n) is 14.7. The third-order valence-corrected chi connectivity index (χ3v) is 4.39. The van der Waals surface area contributed by atoms with Crippen LogP contribution in [0.3, 0.4) is 0 Å². The quantitative estimate of drug-likeness (QED) is 0.352. The zero-order valence-corrected chi connectivity index (χ0v) is 14.7. The highest BCUT2D eigenvalue weighted by Gasteiger charge is 1.97. The van der Waals surface area contributed by atoms with E-state index in [0.29, 0.717) is 0 Å². The van der Waals surface area contributed by atoms with Gasteiger partial charge in [-0.15, -0.1) is 0 Å². The summed E-state index contributed by atoms with van der Waals surface area (Å²) in [6.07, 6.45) is 5.93. The Morgan fingerprint density at radius 1 is 0.654 bits per heavy atom. The maximum absolute atomic E-state index is 4.51. The number of unbranched alkanes of at least 4 members (excludes halogenated alkanes) is 1. The maximum Gasteiger partial charge on any atom is 0.0572 e. The minimum atomic E-state index is 0.831. The van der Waals surface area contributed by atoms with Crippen LogP contribution in [0.25, 0.3) is 21.8 Å². The minimum Gasteiger partial charge on any atom is -0.354 e. The SMILES string of the molecule is C(=NCCCCN=Cc1cc2ccccc2[nH]1)c1cc2ccccc2[nH]1. The number of aromatic nitrogens is 2. The molecule has 4 heteroatoms. The normalized spacial score (nSPS) is 12.2. The lowest BCUT2D eigenvalue weighted by Crippen LogP contribution is -1.89. The van der Waals surface area contributed by atoms with E-state index < -0.39 is 0 Å². The van der Waals surface area contributed by atoms with Crippen LogP contribution in [0.4, 0.5) is 0 Å². The van der Waals surface area contributed by atoms with Gasteiger partial charge in [-0.05, 0) is 37.1 Å². The number of hydrogen-bond donors (Lipinski definition) is 2. The highest BCUT2D eigenvalue weighted by molar-refractivity contribution is 5.90. The van der Waals surface area contributed by atoms with Crippen LogP contribution in [0.5, 0.6) is 0 Å². The molecule has 0 bridgehead atoms. The van der Waals surface area contributed by atoms with Gasteiger partial charge in [-0.1, -0.05) is 36.4 Å². The molecule has 130 valence electrons. The molecule has 0 saturated carbocycles. The summed E-state index contributed by atoms with van der Waals surface area (Å²) in [7, 11) is 0. The first-order valence-electron chi connectivity index (χ1n) is 9.04. The Balaban J connectivity index is 1.20. The average Bonchev–Trinajstić information content (AvgIpc) is 3.26. The van der Waals surface area contributed by atoms with Crippen molar-refractivity contribution in [2.45, 2.75) is 12.8 Å². The minimum absolute atomic E-state index is 0.831. The van der Waals surface area contributed by atoms with Crippen molar-refractivity contribution in [3.63, 3.8) is 0 Å². The van der Waals surface area contributed by atoms with Crippen LogP contribution in [0.15, 0.2) is 70.6 Å². The van der Waals surface area contributed by atoms with Gasteiger partial charge in [0.05, 0.1) is 11.4 Å². The van der Waals surface area contributed by atoms with Crippen LogP contribution < -0.4 is 0 Å². The largest absolute Gasteiger partial charge is 0.354 e. The smallest absolute Gasteiger partial charge is 0.0572 e. The number of nitrogens with zero attached hydrogens (tertiary/aromatic N) is 2. The fraction of sp³-hybridized carbons (Fsp3) is 0.182. The van der Waals surface area contributed by atoms with Gasteiger partial charge in [0, 0.05) is 47.3 Å². The van der Waals surface area contributed by atoms with Crippen LogP contribution in [-0.4, -0.2) is 35.5 Å². The highest BCUT2D eigenvalue weighted by atomic mass is 14.8. The van der Waals surface area contributed by atoms with Crippen LogP contribution >= 0.6 is 0 Å². The van der Waals surface area contributed by atoms with Crippen molar-refractivity contribution in [3.8, 4) is 0 Å². The molecule has 2 aromatic heterocycles. The van der Waals surface area contributed by atoms with Gasteiger partial charge in [0.1, 0.15) is 0 Å². The Morgan fingerprint density at radius 2 is 1.12 bits per heavy atom. The number of aromatic amines is 2. The molecule has 0 radical (unpaired) electrons. The van der Waals surface area contributed by atoms with Gasteiger partial charge < -0.3 is 9.97 Å². The van der Waals surface area contributed by atoms with Crippen LogP contribution in [0.2, 0.25) is 0 Å². The number of H-pyrrole nitrogens is 2. The van der Waals surface area contributed by atoms with Crippen molar-refractivity contribution in [2.24, 2.45) is 9.98 Å². The first-order chi connectivity index (χ1) is 12.9. The molecule has 0 aliphatic rings. The third-order valence-electron chi connectivity index (χ3n) is 4.39. The molecule has 26 heavy (non-hydrogen) atoms. The number of rotatable bonds is 7. The summed E-state index contributed by atoms with van der Waals surface area (Å²) in [5.41, 5.74) is 4.42. The van der Waals surface area contributed by atoms with E-state index in [4.69, 9.17) is 0 Å². The fourth-order valence-corrected chi connectivity index (χ4v) is 3.06. The van der Waals surface area contributed by atoms with E-state index in [1.165, 1.54) is 10.8 Å². The van der Waals surface area contributed by atoms with E-state index in [9.17, 15) is 0 Å². The Morgan fingerprint density at radius 3 is 1.58 bits per heavy atom. The molecule has 2 aromatic carbocycles. The van der Waals surface area contributed by atoms with E-state index in [1.807, 2.05) is 36.7 Å². The lowest BCUT2D eigenvalue weighted by atomic mass is 10.2. The first-order valence-corrected chi connectivity index (χ1v) is 9.04. The molecule has 0 aliphatic carbocycles. The van der Waals surface area contributed by atoms with Gasteiger partial charge in [-0.3, -0.25) is 9.98 Å². The lowest BCUT2D eigenvalue weighted by Gasteiger charge is -1.93. The summed E-state index contributed by atoms with van der Waals surface area (Å²) in [6, 6.07) is 20.8. The molecule has 2 N–H and O–H groups in total. The van der Waals surface area contributed by atoms with E-state index >= 15 is 0 Å². The van der Waals surface area contributed by atoms with Gasteiger partial charge in [-0.2, -0.15) is 0 Å². The van der Waals surface area contributed by atoms with E-state index in [2.05, 4.69) is 56.4 Å². The Hall–Kier alpha value is -3.14. The molecule has 0 saturated heterocycles. The topological polar surface area (TPSA) is 56.3 Å². The second-order valence-corrected chi connectivity index (χ2v) is 6.40. The predicted octanol–water partition coefficient (Wildman–Crippen LogP) is 4.97. The van der Waals surface area contributed by atoms with E-state index in [-0.39, 0.29) is 0 Å². The van der Waals surface area contributed by atoms with Crippen molar-refractivity contribution in [2.75, 3.05) is 13.1 Å². The van der Waals surface area contributed by atoms with Crippen LogP contribution in [0, 0.1) is 0 Å². The lowest BCUT2D eigenvalue weighted by molar-refractivity contribution is 0.759. The van der Waals surface area contributed by atoms with E-state index in [1.54, 1.807) is 0 Å². The van der Waals surface area contributed by atoms with E-state index in [0.717, 1.165) is 48.4 Å². The summed E-state index contributed by atoms with van der Waals surface area (Å²) in [4.78, 5) is 15.7. The summed E-state index contributed by atoms with van der Waals surface area (Å²) < 4.78 is 0. The van der Waals surface area contributed by atoms with Gasteiger partial charge in [0.15, 0.2) is 0 Å². The number of benzene rings is 2. The second kappa shape index (κ2) is 7.83. The molecule has 0 atom stereocenters. The zero-order chi connectivity index (χ0) is 17.6. The molecule has 0 aliphatic heterocycles. The Bertz CT molecular complexity index is 900. The molecule has 2 heterocycles. The van der Waals surface area contributed by atoms with Gasteiger partial charge in [0.2, 0.25) is 0 Å². The summed E-state index contributed by atoms with van der Waals surface area (Å²) >= 11 is 0. The van der Waals surface area contributed by atoms with Crippen LogP contribution in [-0.2, 0) is 0 Å². The molecular formula is C22H22N4. The third kappa shape index (κ3) is 3.91. The molecular weight excluding hydrogens is 320 g/mol. The molecule has 0 amide bonds. The van der Waals surface area contributed by atoms with Gasteiger partial charge >= 0.3 is 0 Å². The molecule has 4 nitrogen and oxygen atoms in total. The predicted molar refractivity (Wildman–Crippen MR) is 111 cm³/mol. The number of para-hydroxylation sites is 2. The summed E-state index contributed by atoms with van der Waals surface area (Å²) in [6.45, 7) is 1.66. The van der Waals surface area contributed by atoms with Crippen molar-refractivity contribution < 1.29 is 0 Å². The van der Waals surface area contributed by atoms with Crippen molar-refractivity contribution in [1.82, 2.24) is 9.97 Å². The summed E-state index contributed by atoms with van der Waals surface area (Å²) in [5.74, 6) is 0. The second-order valence-electron chi connectivity index (χ2n) is 6.40. The van der Waals surface area contributed by atoms with Crippen molar-refractivity contribution in [1.29, 1.82) is 0 Å². The fourth-order valence-electron chi connectivity index (χ4n) is 3.06. The maximum atomic E-state index is 4.51. The number of fused-ring (bicyclic) bond motifs is 2. The monoisotopic (exact) mass is 342 g/mol. The van der Waals surface area contributed by atoms with Crippen molar-refractivity contribution >= 4 is 34.2 Å². The number of hydrogen-bond acceptors (Lipinski definition) is 2. The number of nitrogens with one attached hydrogen (secondary N) is 2. The van der Waals surface area contributed by atoms with Gasteiger partial charge in [0.25, 0.3) is 0 Å². The molecule has 4 rings (SSSR count). The molecule has 4 aromatic rings. The number of aliphatic imine (C=N–C) groups is 2. The standard InChI is InChI=1S/C22H22N4/c1-3-9-21-17(7-1)13-19(25-21)15-23-11-5-6-12-24-16-20-14-18-8-2-4-10-22(18)26-20/h1-4,7-10,13-16,25-26H,5-6,11-12H2. The molecule has 0 unspecified atom stereocenters. The van der Waals surface area contributed by atoms with Crippen molar-refractivity contribution in [3.05, 3.63) is 72.1 Å². The highest BCUT2D eigenvalue weighted by Crippen LogP contribution is 2.14. The Labute approximate surface area is 152 Å². The summed E-state index contributed by atoms with van der Waals surface area (Å²) in [5, 5.41) is 2.44. The van der Waals surface area contributed by atoms with Crippen LogP contribution in [0.1, 0.15) is 24.2 Å². The Kier molecular flexibility index (Phi) is 4.92. The first kappa shape index (κ1) is 16.3. The average molecular weight is 342 g/mol. The molecule has 0 fully saturated rings. The molecule has 0 spiro atoms. The van der Waals surface area contributed by atoms with Gasteiger partial charge in [-0.25, -0.2) is 0 Å².